The van der Waals surface area contributed by atoms with Crippen molar-refractivity contribution in [3.63, 3.8) is 0 Å². The van der Waals surface area contributed by atoms with E-state index in [0.717, 1.165) is 49.1 Å². The van der Waals surface area contributed by atoms with Gasteiger partial charge in [0.15, 0.2) is 0 Å². The number of likely N-dealkylation sites (tertiary alicyclic amines) is 2. The van der Waals surface area contributed by atoms with Gasteiger partial charge in [0.05, 0.1) is 23.3 Å². The number of aromatic nitrogens is 3. The molecule has 1 atom stereocenters. The number of amides is 2. The average Bonchev–Trinajstić information content (AvgIpc) is 3.32. The van der Waals surface area contributed by atoms with Crippen molar-refractivity contribution in [1.82, 2.24) is 24.8 Å². The summed E-state index contributed by atoms with van der Waals surface area (Å²) >= 11 is 0. The highest BCUT2D eigenvalue weighted by atomic mass is 16.2. The lowest BCUT2D eigenvalue weighted by Gasteiger charge is -2.37. The number of piperidine rings is 1. The van der Waals surface area contributed by atoms with E-state index >= 15 is 0 Å². The molecule has 7 nitrogen and oxygen atoms in total. The number of imidazole rings is 1. The quantitative estimate of drug-likeness (QED) is 0.864. The summed E-state index contributed by atoms with van der Waals surface area (Å²) in [5.74, 6) is 1.24. The summed E-state index contributed by atoms with van der Waals surface area (Å²) in [7, 11) is 0. The van der Waals surface area contributed by atoms with Gasteiger partial charge in [-0.2, -0.15) is 0 Å². The number of carbonyl (C=O) groups excluding carboxylic acids is 2. The minimum atomic E-state index is -0.368. The molecule has 2 amide bonds. The molecule has 0 aliphatic carbocycles. The highest BCUT2D eigenvalue weighted by molar-refractivity contribution is 5.83. The Labute approximate surface area is 165 Å². The van der Waals surface area contributed by atoms with Gasteiger partial charge in [0, 0.05) is 37.2 Å². The zero-order chi connectivity index (χ0) is 19.9. The standard InChI is InChI=1S/C21H29N5O2/c1-21(2,3)20(28)25-11-7-14(8-12-25)19(27)26-10-4-5-17(26)18-23-15-6-9-22-13-16(15)24-18/h6,9,13-14,17H,4-5,7-8,10-12H2,1-3H3,(H,23,24). The van der Waals surface area contributed by atoms with Crippen LogP contribution in [0.15, 0.2) is 18.5 Å². The fourth-order valence-corrected chi connectivity index (χ4v) is 4.39. The van der Waals surface area contributed by atoms with Gasteiger partial charge in [0.2, 0.25) is 11.8 Å². The van der Waals surface area contributed by atoms with Gasteiger partial charge in [-0.15, -0.1) is 0 Å². The first-order valence-corrected chi connectivity index (χ1v) is 10.2. The highest BCUT2D eigenvalue weighted by Gasteiger charge is 2.38. The van der Waals surface area contributed by atoms with Gasteiger partial charge in [-0.1, -0.05) is 20.8 Å². The fraction of sp³-hybridized carbons (Fsp3) is 0.619. The third-order valence-corrected chi connectivity index (χ3v) is 5.93. The molecule has 2 aromatic heterocycles. The van der Waals surface area contributed by atoms with Gasteiger partial charge < -0.3 is 14.8 Å². The maximum Gasteiger partial charge on any atom is 0.227 e. The van der Waals surface area contributed by atoms with Gasteiger partial charge in [0.1, 0.15) is 5.82 Å². The number of aromatic amines is 1. The second-order valence-electron chi connectivity index (χ2n) is 9.02. The van der Waals surface area contributed by atoms with Crippen LogP contribution in [0.3, 0.4) is 0 Å². The molecule has 28 heavy (non-hydrogen) atoms. The lowest BCUT2D eigenvalue weighted by Crippen LogP contribution is -2.47. The summed E-state index contributed by atoms with van der Waals surface area (Å²) in [5.41, 5.74) is 1.43. The maximum atomic E-state index is 13.2. The average molecular weight is 383 g/mol. The number of rotatable bonds is 2. The van der Waals surface area contributed by atoms with E-state index in [1.807, 2.05) is 36.6 Å². The summed E-state index contributed by atoms with van der Waals surface area (Å²) in [6.45, 7) is 7.96. The zero-order valence-corrected chi connectivity index (χ0v) is 16.9. The fourth-order valence-electron chi connectivity index (χ4n) is 4.39. The zero-order valence-electron chi connectivity index (χ0n) is 16.9. The molecule has 2 fully saturated rings. The van der Waals surface area contributed by atoms with E-state index in [9.17, 15) is 9.59 Å². The van der Waals surface area contributed by atoms with Crippen molar-refractivity contribution in [2.75, 3.05) is 19.6 Å². The topological polar surface area (TPSA) is 82.2 Å². The van der Waals surface area contributed by atoms with Crippen molar-refractivity contribution in [2.24, 2.45) is 11.3 Å². The minimum Gasteiger partial charge on any atom is -0.342 e. The molecule has 150 valence electrons. The van der Waals surface area contributed by atoms with Crippen LogP contribution in [0.5, 0.6) is 0 Å². The number of nitrogens with zero attached hydrogens (tertiary/aromatic N) is 4. The van der Waals surface area contributed by atoms with Crippen LogP contribution in [-0.2, 0) is 9.59 Å². The molecule has 2 aromatic rings. The molecule has 0 aromatic carbocycles. The van der Waals surface area contributed by atoms with Crippen molar-refractivity contribution in [3.05, 3.63) is 24.3 Å². The molecule has 2 aliphatic rings. The van der Waals surface area contributed by atoms with E-state index in [-0.39, 0.29) is 29.2 Å². The lowest BCUT2D eigenvalue weighted by atomic mass is 9.90. The smallest absolute Gasteiger partial charge is 0.227 e. The maximum absolute atomic E-state index is 13.2. The molecular weight excluding hydrogens is 354 g/mol. The van der Waals surface area contributed by atoms with Crippen LogP contribution < -0.4 is 0 Å². The number of carbonyl (C=O) groups is 2. The molecular formula is C21H29N5O2. The van der Waals surface area contributed by atoms with Crippen LogP contribution in [0.4, 0.5) is 0 Å². The number of fused-ring (bicyclic) bond motifs is 1. The Morgan fingerprint density at radius 1 is 1.14 bits per heavy atom. The van der Waals surface area contributed by atoms with Gasteiger partial charge in [-0.3, -0.25) is 14.6 Å². The van der Waals surface area contributed by atoms with E-state index in [4.69, 9.17) is 4.98 Å². The first kappa shape index (κ1) is 18.9. The minimum absolute atomic E-state index is 0.00402. The van der Waals surface area contributed by atoms with Crippen LogP contribution in [0.2, 0.25) is 0 Å². The lowest BCUT2D eigenvalue weighted by molar-refractivity contribution is -0.145. The van der Waals surface area contributed by atoms with Crippen molar-refractivity contribution >= 4 is 22.8 Å². The molecule has 4 heterocycles. The molecule has 0 bridgehead atoms. The normalized spacial score (nSPS) is 21.5. The van der Waals surface area contributed by atoms with Crippen LogP contribution in [0, 0.1) is 11.3 Å². The molecule has 0 saturated carbocycles. The molecule has 4 rings (SSSR count). The summed E-state index contributed by atoms with van der Waals surface area (Å²) in [6.07, 6.45) is 6.92. The predicted molar refractivity (Wildman–Crippen MR) is 106 cm³/mol. The number of hydrogen-bond acceptors (Lipinski definition) is 4. The van der Waals surface area contributed by atoms with Crippen LogP contribution in [-0.4, -0.2) is 56.2 Å². The van der Waals surface area contributed by atoms with E-state index in [1.54, 1.807) is 12.4 Å². The Morgan fingerprint density at radius 3 is 2.57 bits per heavy atom. The monoisotopic (exact) mass is 383 g/mol. The largest absolute Gasteiger partial charge is 0.342 e. The number of nitrogens with one attached hydrogen (secondary N) is 1. The molecule has 1 unspecified atom stereocenters. The number of pyridine rings is 1. The second kappa shape index (κ2) is 7.18. The van der Waals surface area contributed by atoms with Crippen molar-refractivity contribution in [2.45, 2.75) is 52.5 Å². The first-order chi connectivity index (χ1) is 13.3. The van der Waals surface area contributed by atoms with Crippen LogP contribution >= 0.6 is 0 Å². The Kier molecular flexibility index (Phi) is 4.85. The molecule has 7 heteroatoms. The highest BCUT2D eigenvalue weighted by Crippen LogP contribution is 2.34. The van der Waals surface area contributed by atoms with Crippen molar-refractivity contribution in [1.29, 1.82) is 0 Å². The van der Waals surface area contributed by atoms with E-state index < -0.39 is 0 Å². The third-order valence-electron chi connectivity index (χ3n) is 5.93. The molecule has 2 saturated heterocycles. The molecule has 1 N–H and O–H groups in total. The van der Waals surface area contributed by atoms with Gasteiger partial charge in [0.25, 0.3) is 0 Å². The Hall–Kier alpha value is -2.44. The molecule has 2 aliphatic heterocycles. The van der Waals surface area contributed by atoms with Crippen molar-refractivity contribution in [3.8, 4) is 0 Å². The van der Waals surface area contributed by atoms with Gasteiger partial charge in [-0.25, -0.2) is 4.98 Å². The van der Waals surface area contributed by atoms with E-state index in [1.165, 1.54) is 0 Å². The summed E-state index contributed by atoms with van der Waals surface area (Å²) in [4.78, 5) is 41.8. The van der Waals surface area contributed by atoms with Crippen molar-refractivity contribution < 1.29 is 9.59 Å². The van der Waals surface area contributed by atoms with E-state index in [2.05, 4.69) is 9.97 Å². The summed E-state index contributed by atoms with van der Waals surface area (Å²) in [5, 5.41) is 0. The number of H-pyrrole nitrogens is 1. The third kappa shape index (κ3) is 3.50. The van der Waals surface area contributed by atoms with Gasteiger partial charge >= 0.3 is 0 Å². The summed E-state index contributed by atoms with van der Waals surface area (Å²) < 4.78 is 0. The molecule has 0 radical (unpaired) electrons. The van der Waals surface area contributed by atoms with Crippen LogP contribution in [0.25, 0.3) is 11.0 Å². The predicted octanol–water partition coefficient (Wildman–Crippen LogP) is 2.91. The van der Waals surface area contributed by atoms with Gasteiger partial charge in [-0.05, 0) is 31.7 Å². The Morgan fingerprint density at radius 2 is 1.89 bits per heavy atom. The Bertz CT molecular complexity index is 843. The number of hydrogen-bond donors (Lipinski definition) is 1. The summed E-state index contributed by atoms with van der Waals surface area (Å²) in [6, 6.07) is 1.90. The SMILES string of the molecule is CC(C)(C)C(=O)N1CCC(C(=O)N2CCCC2c2nc3ccncc3[nH]2)CC1. The van der Waals surface area contributed by atoms with E-state index in [0.29, 0.717) is 13.1 Å². The Balaban J connectivity index is 1.44. The molecule has 0 spiro atoms. The second-order valence-corrected chi connectivity index (χ2v) is 9.02. The van der Waals surface area contributed by atoms with Crippen LogP contribution in [0.1, 0.15) is 58.3 Å². The first-order valence-electron chi connectivity index (χ1n) is 10.2.